The number of amides is 1. The monoisotopic (exact) mass is 350 g/mol. The van der Waals surface area contributed by atoms with E-state index in [4.69, 9.17) is 0 Å². The molecule has 0 saturated heterocycles. The quantitative estimate of drug-likeness (QED) is 0.531. The van der Waals surface area contributed by atoms with Crippen LogP contribution in [-0.4, -0.2) is 10.5 Å². The minimum absolute atomic E-state index is 0.192. The SMILES string of the molecule is CCn1c2ccccc2c2cc(NC(=O)c3ccc(F)cc3F)ccc21. The van der Waals surface area contributed by atoms with Gasteiger partial charge in [0, 0.05) is 40.1 Å². The number of aryl methyl sites for hydroxylation is 1. The summed E-state index contributed by atoms with van der Waals surface area (Å²) in [5, 5.41) is 4.80. The number of hydrogen-bond donors (Lipinski definition) is 1. The van der Waals surface area contributed by atoms with Crippen molar-refractivity contribution in [3.8, 4) is 0 Å². The molecule has 5 heteroatoms. The van der Waals surface area contributed by atoms with E-state index in [9.17, 15) is 13.6 Å². The fourth-order valence-electron chi connectivity index (χ4n) is 3.34. The highest BCUT2D eigenvalue weighted by molar-refractivity contribution is 6.11. The lowest BCUT2D eigenvalue weighted by Crippen LogP contribution is -2.13. The van der Waals surface area contributed by atoms with E-state index in [1.165, 1.54) is 0 Å². The van der Waals surface area contributed by atoms with Gasteiger partial charge in [0.25, 0.3) is 5.91 Å². The van der Waals surface area contributed by atoms with Crippen LogP contribution in [0.25, 0.3) is 21.8 Å². The van der Waals surface area contributed by atoms with Gasteiger partial charge in [-0.05, 0) is 43.3 Å². The third-order valence-corrected chi connectivity index (χ3v) is 4.52. The van der Waals surface area contributed by atoms with E-state index >= 15 is 0 Å². The van der Waals surface area contributed by atoms with Gasteiger partial charge >= 0.3 is 0 Å². The number of benzene rings is 3. The zero-order valence-electron chi connectivity index (χ0n) is 14.1. The van der Waals surface area contributed by atoms with Crippen molar-refractivity contribution >= 4 is 33.4 Å². The first-order valence-electron chi connectivity index (χ1n) is 8.36. The van der Waals surface area contributed by atoms with Crippen LogP contribution in [0, 0.1) is 11.6 Å². The van der Waals surface area contributed by atoms with E-state index in [0.29, 0.717) is 11.8 Å². The van der Waals surface area contributed by atoms with Crippen molar-refractivity contribution in [3.05, 3.63) is 77.9 Å². The summed E-state index contributed by atoms with van der Waals surface area (Å²) < 4.78 is 29.0. The molecule has 130 valence electrons. The molecule has 1 N–H and O–H groups in total. The normalized spacial score (nSPS) is 11.2. The van der Waals surface area contributed by atoms with Crippen molar-refractivity contribution in [2.45, 2.75) is 13.5 Å². The molecule has 4 aromatic rings. The third-order valence-electron chi connectivity index (χ3n) is 4.52. The maximum atomic E-state index is 13.8. The van der Waals surface area contributed by atoms with Gasteiger partial charge in [-0.25, -0.2) is 8.78 Å². The summed E-state index contributed by atoms with van der Waals surface area (Å²) in [6, 6.07) is 16.6. The minimum atomic E-state index is -0.883. The molecule has 1 amide bonds. The average Bonchev–Trinajstić information content (AvgIpc) is 2.94. The predicted octanol–water partition coefficient (Wildman–Crippen LogP) is 5.34. The number of anilines is 1. The van der Waals surface area contributed by atoms with Crippen LogP contribution < -0.4 is 5.32 Å². The third kappa shape index (κ3) is 2.62. The van der Waals surface area contributed by atoms with Crippen LogP contribution in [0.5, 0.6) is 0 Å². The molecule has 26 heavy (non-hydrogen) atoms. The van der Waals surface area contributed by atoms with Gasteiger partial charge < -0.3 is 9.88 Å². The van der Waals surface area contributed by atoms with Crippen LogP contribution in [-0.2, 0) is 6.54 Å². The summed E-state index contributed by atoms with van der Waals surface area (Å²) in [7, 11) is 0. The highest BCUT2D eigenvalue weighted by Gasteiger charge is 2.14. The second-order valence-electron chi connectivity index (χ2n) is 6.07. The van der Waals surface area contributed by atoms with Gasteiger partial charge in [0.05, 0.1) is 5.56 Å². The standard InChI is InChI=1S/C21H16F2N2O/c1-2-25-19-6-4-3-5-15(19)17-12-14(8-10-20(17)25)24-21(26)16-9-7-13(22)11-18(16)23/h3-12H,2H2,1H3,(H,24,26). The molecule has 1 aromatic heterocycles. The Hall–Kier alpha value is -3.21. The average molecular weight is 350 g/mol. The number of para-hydroxylation sites is 1. The second-order valence-corrected chi connectivity index (χ2v) is 6.07. The Labute approximate surface area is 148 Å². The molecular formula is C21H16F2N2O. The topological polar surface area (TPSA) is 34.0 Å². The number of rotatable bonds is 3. The maximum Gasteiger partial charge on any atom is 0.258 e. The van der Waals surface area contributed by atoms with Crippen molar-refractivity contribution in [3.63, 3.8) is 0 Å². The molecule has 0 unspecified atom stereocenters. The van der Waals surface area contributed by atoms with Gasteiger partial charge in [-0.2, -0.15) is 0 Å². The van der Waals surface area contributed by atoms with E-state index in [1.807, 2.05) is 30.3 Å². The molecular weight excluding hydrogens is 334 g/mol. The molecule has 1 heterocycles. The number of hydrogen-bond acceptors (Lipinski definition) is 1. The Morgan fingerprint density at radius 1 is 0.962 bits per heavy atom. The summed E-state index contributed by atoms with van der Waals surface area (Å²) in [6.45, 7) is 2.91. The Bertz CT molecular complexity index is 1150. The molecule has 0 bridgehead atoms. The molecule has 0 aliphatic heterocycles. The highest BCUT2D eigenvalue weighted by atomic mass is 19.1. The molecule has 0 aliphatic carbocycles. The van der Waals surface area contributed by atoms with Crippen LogP contribution in [0.1, 0.15) is 17.3 Å². The van der Waals surface area contributed by atoms with E-state index < -0.39 is 17.5 Å². The number of nitrogens with zero attached hydrogens (tertiary/aromatic N) is 1. The van der Waals surface area contributed by atoms with Gasteiger partial charge in [-0.3, -0.25) is 4.79 Å². The predicted molar refractivity (Wildman–Crippen MR) is 99.4 cm³/mol. The smallest absolute Gasteiger partial charge is 0.258 e. The van der Waals surface area contributed by atoms with Crippen molar-refractivity contribution in [1.82, 2.24) is 4.57 Å². The Morgan fingerprint density at radius 3 is 2.50 bits per heavy atom. The molecule has 0 fully saturated rings. The summed E-state index contributed by atoms with van der Waals surface area (Å²) in [5.74, 6) is -2.21. The first-order valence-corrected chi connectivity index (χ1v) is 8.36. The van der Waals surface area contributed by atoms with E-state index in [0.717, 1.165) is 40.5 Å². The number of fused-ring (bicyclic) bond motifs is 3. The fraction of sp³-hybridized carbons (Fsp3) is 0.0952. The molecule has 0 aliphatic rings. The molecule has 4 rings (SSSR count). The van der Waals surface area contributed by atoms with E-state index in [1.54, 1.807) is 6.07 Å². The van der Waals surface area contributed by atoms with Crippen molar-refractivity contribution in [2.24, 2.45) is 0 Å². The number of carbonyl (C=O) groups excluding carboxylic acids is 1. The Kier molecular flexibility index (Phi) is 3.92. The molecule has 0 spiro atoms. The van der Waals surface area contributed by atoms with E-state index in [-0.39, 0.29) is 5.56 Å². The molecule has 0 saturated carbocycles. The fourth-order valence-corrected chi connectivity index (χ4v) is 3.34. The highest BCUT2D eigenvalue weighted by Crippen LogP contribution is 2.31. The summed E-state index contributed by atoms with van der Waals surface area (Å²) >= 11 is 0. The van der Waals surface area contributed by atoms with Gasteiger partial charge in [-0.1, -0.05) is 18.2 Å². The number of aromatic nitrogens is 1. The largest absolute Gasteiger partial charge is 0.341 e. The van der Waals surface area contributed by atoms with Gasteiger partial charge in [0.1, 0.15) is 11.6 Å². The number of nitrogens with one attached hydrogen (secondary N) is 1. The zero-order valence-corrected chi connectivity index (χ0v) is 14.1. The molecule has 0 atom stereocenters. The molecule has 3 aromatic carbocycles. The number of halogens is 2. The molecule has 0 radical (unpaired) electrons. The second kappa shape index (κ2) is 6.26. The minimum Gasteiger partial charge on any atom is -0.341 e. The lowest BCUT2D eigenvalue weighted by molar-refractivity contribution is 0.102. The van der Waals surface area contributed by atoms with Crippen LogP contribution in [0.3, 0.4) is 0 Å². The Morgan fingerprint density at radius 2 is 1.73 bits per heavy atom. The lowest BCUT2D eigenvalue weighted by atomic mass is 10.1. The van der Waals surface area contributed by atoms with Crippen molar-refractivity contribution < 1.29 is 13.6 Å². The molecule has 3 nitrogen and oxygen atoms in total. The summed E-state index contributed by atoms with van der Waals surface area (Å²) in [4.78, 5) is 12.3. The first-order chi connectivity index (χ1) is 12.6. The zero-order chi connectivity index (χ0) is 18.3. The maximum absolute atomic E-state index is 13.8. The van der Waals surface area contributed by atoms with Crippen LogP contribution >= 0.6 is 0 Å². The van der Waals surface area contributed by atoms with Gasteiger partial charge in [0.15, 0.2) is 0 Å². The lowest BCUT2D eigenvalue weighted by Gasteiger charge is -2.07. The first kappa shape index (κ1) is 16.3. The van der Waals surface area contributed by atoms with Gasteiger partial charge in [0.2, 0.25) is 0 Å². The number of carbonyl (C=O) groups is 1. The van der Waals surface area contributed by atoms with Crippen molar-refractivity contribution in [2.75, 3.05) is 5.32 Å². The summed E-state index contributed by atoms with van der Waals surface area (Å²) in [6.07, 6.45) is 0. The van der Waals surface area contributed by atoms with Crippen LogP contribution in [0.2, 0.25) is 0 Å². The van der Waals surface area contributed by atoms with Gasteiger partial charge in [-0.15, -0.1) is 0 Å². The Balaban J connectivity index is 1.76. The van der Waals surface area contributed by atoms with Crippen LogP contribution in [0.15, 0.2) is 60.7 Å². The summed E-state index contributed by atoms with van der Waals surface area (Å²) in [5.41, 5.74) is 2.56. The van der Waals surface area contributed by atoms with Crippen molar-refractivity contribution in [1.29, 1.82) is 0 Å². The van der Waals surface area contributed by atoms with Crippen LogP contribution in [0.4, 0.5) is 14.5 Å². The van der Waals surface area contributed by atoms with E-state index in [2.05, 4.69) is 22.9 Å².